The normalized spacial score (nSPS) is 12.4. The molecule has 1 aromatic carbocycles. The molecule has 1 radical (unpaired) electrons. The summed E-state index contributed by atoms with van der Waals surface area (Å²) in [6.45, 7) is 0. The molecule has 1 aromatic rings. The first-order valence-electron chi connectivity index (χ1n) is 4.21. The summed E-state index contributed by atoms with van der Waals surface area (Å²) < 4.78 is 10.3. The third-order valence-corrected chi connectivity index (χ3v) is 2.03. The Morgan fingerprint density at radius 2 is 1.71 bits per heavy atom. The van der Waals surface area contributed by atoms with Crippen molar-refractivity contribution in [3.8, 4) is 11.5 Å². The van der Waals surface area contributed by atoms with Crippen molar-refractivity contribution in [3.63, 3.8) is 0 Å². The zero-order valence-electron chi connectivity index (χ0n) is 8.05. The highest BCUT2D eigenvalue weighted by atomic mass is 16.5. The molecule has 0 saturated carbocycles. The number of benzene rings is 1. The van der Waals surface area contributed by atoms with Crippen LogP contribution in [0.3, 0.4) is 0 Å². The lowest BCUT2D eigenvalue weighted by molar-refractivity contribution is 0.355. The highest BCUT2D eigenvalue weighted by Crippen LogP contribution is 2.37. The van der Waals surface area contributed by atoms with Gasteiger partial charge in [-0.05, 0) is 0 Å². The van der Waals surface area contributed by atoms with E-state index in [-0.39, 0.29) is 0 Å². The summed E-state index contributed by atoms with van der Waals surface area (Å²) in [4.78, 5) is 0. The van der Waals surface area contributed by atoms with Crippen LogP contribution in [0.15, 0.2) is 18.3 Å². The molecule has 0 unspecified atom stereocenters. The van der Waals surface area contributed by atoms with Gasteiger partial charge in [0.05, 0.1) is 31.8 Å². The zero-order valence-corrected chi connectivity index (χ0v) is 8.05. The number of nitrogens with one attached hydrogen (secondary N) is 2. The van der Waals surface area contributed by atoms with Gasteiger partial charge in [0.1, 0.15) is 0 Å². The molecule has 0 amide bonds. The van der Waals surface area contributed by atoms with Crippen LogP contribution in [-0.4, -0.2) is 14.2 Å². The molecule has 1 heterocycles. The minimum Gasteiger partial charge on any atom is -0.493 e. The van der Waals surface area contributed by atoms with Crippen molar-refractivity contribution < 1.29 is 9.47 Å². The number of fused-ring (bicyclic) bond motifs is 1. The molecule has 0 fully saturated rings. The summed E-state index contributed by atoms with van der Waals surface area (Å²) in [5.74, 6) is 1.40. The van der Waals surface area contributed by atoms with Crippen molar-refractivity contribution in [2.75, 3.05) is 24.9 Å². The lowest BCUT2D eigenvalue weighted by atomic mass is 10.2. The first-order chi connectivity index (χ1) is 6.85. The van der Waals surface area contributed by atoms with Gasteiger partial charge in [0, 0.05) is 18.3 Å². The highest BCUT2D eigenvalue weighted by Gasteiger charge is 2.11. The Labute approximate surface area is 82.5 Å². The Morgan fingerprint density at radius 3 is 2.36 bits per heavy atom. The van der Waals surface area contributed by atoms with Gasteiger partial charge in [-0.3, -0.25) is 0 Å². The van der Waals surface area contributed by atoms with E-state index in [2.05, 4.69) is 16.8 Å². The van der Waals surface area contributed by atoms with Crippen LogP contribution in [0.5, 0.6) is 11.5 Å². The highest BCUT2D eigenvalue weighted by molar-refractivity contribution is 5.76. The maximum absolute atomic E-state index is 5.18. The second-order valence-electron chi connectivity index (χ2n) is 2.81. The Balaban J connectivity index is 2.46. The molecule has 0 bridgehead atoms. The van der Waals surface area contributed by atoms with Crippen molar-refractivity contribution in [3.05, 3.63) is 24.5 Å². The number of anilines is 2. The van der Waals surface area contributed by atoms with Crippen molar-refractivity contribution >= 4 is 11.4 Å². The monoisotopic (exact) mass is 191 g/mol. The fraction of sp³-hybridized carbons (Fsp3) is 0.200. The molecule has 4 heteroatoms. The number of hydrogen-bond acceptors (Lipinski definition) is 4. The lowest BCUT2D eigenvalue weighted by Gasteiger charge is -2.16. The first-order valence-corrected chi connectivity index (χ1v) is 4.21. The molecule has 2 rings (SSSR count). The van der Waals surface area contributed by atoms with Crippen LogP contribution >= 0.6 is 0 Å². The fourth-order valence-corrected chi connectivity index (χ4v) is 1.33. The van der Waals surface area contributed by atoms with Crippen molar-refractivity contribution in [1.29, 1.82) is 0 Å². The number of hydrogen-bond donors (Lipinski definition) is 2. The molecular weight excluding hydrogens is 180 g/mol. The molecule has 4 nitrogen and oxygen atoms in total. The summed E-state index contributed by atoms with van der Waals surface area (Å²) in [7, 11) is 3.22. The maximum Gasteiger partial charge on any atom is 0.162 e. The number of rotatable bonds is 2. The second kappa shape index (κ2) is 3.49. The van der Waals surface area contributed by atoms with E-state index >= 15 is 0 Å². The Hall–Kier alpha value is -1.84. The first kappa shape index (κ1) is 8.74. The third-order valence-electron chi connectivity index (χ3n) is 2.03. The molecule has 0 aromatic heterocycles. The predicted octanol–water partition coefficient (Wildman–Crippen LogP) is 1.82. The minimum absolute atomic E-state index is 0.698. The van der Waals surface area contributed by atoms with Crippen molar-refractivity contribution in [2.45, 2.75) is 0 Å². The van der Waals surface area contributed by atoms with Gasteiger partial charge in [0.25, 0.3) is 0 Å². The largest absolute Gasteiger partial charge is 0.493 e. The quantitative estimate of drug-likeness (QED) is 0.748. The average Bonchev–Trinajstić information content (AvgIpc) is 2.27. The smallest absolute Gasteiger partial charge is 0.162 e. The van der Waals surface area contributed by atoms with Crippen LogP contribution in [0, 0.1) is 6.20 Å². The number of methoxy groups -OCH3 is 2. The SMILES string of the molecule is COc1cc2c(cc1OC)NC=[C]N2. The van der Waals surface area contributed by atoms with Gasteiger partial charge in [-0.25, -0.2) is 0 Å². The van der Waals surface area contributed by atoms with Gasteiger partial charge in [0.2, 0.25) is 0 Å². The minimum atomic E-state index is 0.698. The van der Waals surface area contributed by atoms with E-state index in [4.69, 9.17) is 9.47 Å². The molecular formula is C10H11N2O2. The topological polar surface area (TPSA) is 42.5 Å². The van der Waals surface area contributed by atoms with Gasteiger partial charge in [0.15, 0.2) is 11.5 Å². The van der Waals surface area contributed by atoms with E-state index < -0.39 is 0 Å². The molecule has 1 aliphatic rings. The van der Waals surface area contributed by atoms with E-state index in [1.165, 1.54) is 0 Å². The van der Waals surface area contributed by atoms with E-state index in [0.717, 1.165) is 11.4 Å². The van der Waals surface area contributed by atoms with Crippen LogP contribution < -0.4 is 20.1 Å². The van der Waals surface area contributed by atoms with E-state index in [1.807, 2.05) is 12.1 Å². The van der Waals surface area contributed by atoms with Crippen LogP contribution in [0.2, 0.25) is 0 Å². The molecule has 0 saturated heterocycles. The molecule has 0 spiro atoms. The summed E-state index contributed by atoms with van der Waals surface area (Å²) >= 11 is 0. The van der Waals surface area contributed by atoms with E-state index in [1.54, 1.807) is 20.4 Å². The predicted molar refractivity (Wildman–Crippen MR) is 54.6 cm³/mol. The van der Waals surface area contributed by atoms with Gasteiger partial charge in [-0.1, -0.05) is 0 Å². The maximum atomic E-state index is 5.18. The van der Waals surface area contributed by atoms with E-state index in [9.17, 15) is 0 Å². The molecule has 2 N–H and O–H groups in total. The van der Waals surface area contributed by atoms with Crippen LogP contribution in [0.1, 0.15) is 0 Å². The lowest BCUT2D eigenvalue weighted by Crippen LogP contribution is -2.04. The van der Waals surface area contributed by atoms with Crippen LogP contribution in [0.25, 0.3) is 0 Å². The molecule has 1 aliphatic heterocycles. The van der Waals surface area contributed by atoms with Crippen molar-refractivity contribution in [2.24, 2.45) is 0 Å². The standard InChI is InChI=1S/C10H11N2O2/c1-13-9-5-7-8(6-10(9)14-2)12-4-3-11-7/h3,5-6,11-12H,1-2H3. The fourth-order valence-electron chi connectivity index (χ4n) is 1.33. The second-order valence-corrected chi connectivity index (χ2v) is 2.81. The average molecular weight is 191 g/mol. The van der Waals surface area contributed by atoms with Gasteiger partial charge < -0.3 is 20.1 Å². The summed E-state index contributed by atoms with van der Waals surface area (Å²) in [5.41, 5.74) is 1.87. The molecule has 73 valence electrons. The van der Waals surface area contributed by atoms with Crippen LogP contribution in [-0.2, 0) is 0 Å². The van der Waals surface area contributed by atoms with Gasteiger partial charge in [-0.2, -0.15) is 0 Å². The Kier molecular flexibility index (Phi) is 2.18. The van der Waals surface area contributed by atoms with E-state index in [0.29, 0.717) is 11.5 Å². The molecule has 14 heavy (non-hydrogen) atoms. The third kappa shape index (κ3) is 1.35. The Bertz CT molecular complexity index is 340. The van der Waals surface area contributed by atoms with Crippen LogP contribution in [0.4, 0.5) is 11.4 Å². The summed E-state index contributed by atoms with van der Waals surface area (Å²) in [6, 6.07) is 3.74. The Morgan fingerprint density at radius 1 is 1.07 bits per heavy atom. The molecule has 0 atom stereocenters. The summed E-state index contributed by atoms with van der Waals surface area (Å²) in [6.07, 6.45) is 4.55. The van der Waals surface area contributed by atoms with Gasteiger partial charge >= 0.3 is 0 Å². The molecule has 0 aliphatic carbocycles. The van der Waals surface area contributed by atoms with Crippen molar-refractivity contribution in [1.82, 2.24) is 0 Å². The van der Waals surface area contributed by atoms with Gasteiger partial charge in [-0.15, -0.1) is 0 Å². The zero-order chi connectivity index (χ0) is 9.97. The number of ether oxygens (including phenoxy) is 2. The summed E-state index contributed by atoms with van der Waals surface area (Å²) in [5, 5.41) is 6.04.